The van der Waals surface area contributed by atoms with Crippen molar-refractivity contribution in [2.24, 2.45) is 0 Å². The van der Waals surface area contributed by atoms with Crippen LogP contribution in [0.15, 0.2) is 36.4 Å². The number of nitrogens with zero attached hydrogens (tertiary/aromatic N) is 2. The Morgan fingerprint density at radius 3 is 2.75 bits per heavy atom. The Hall–Kier alpha value is -2.12. The molecule has 0 spiro atoms. The van der Waals surface area contributed by atoms with E-state index in [4.69, 9.17) is 9.16 Å². The number of carbonyl (C=O) groups excluding carboxylic acids is 1. The third-order valence-electron chi connectivity index (χ3n) is 3.64. The maximum absolute atomic E-state index is 12.3. The first-order valence-electron chi connectivity index (χ1n) is 8.10. The van der Waals surface area contributed by atoms with Gasteiger partial charge in [-0.3, -0.25) is 9.48 Å². The van der Waals surface area contributed by atoms with Crippen LogP contribution in [-0.4, -0.2) is 36.7 Å². The predicted molar refractivity (Wildman–Crippen MR) is 93.6 cm³/mol. The summed E-state index contributed by atoms with van der Waals surface area (Å²) < 4.78 is 13.4. The van der Waals surface area contributed by atoms with Crippen molar-refractivity contribution in [3.8, 4) is 5.75 Å². The van der Waals surface area contributed by atoms with Gasteiger partial charge in [0.1, 0.15) is 23.7 Å². The zero-order valence-corrected chi connectivity index (χ0v) is 15.3. The predicted octanol–water partition coefficient (Wildman–Crippen LogP) is 2.43. The fraction of sp³-hybridized carbons (Fsp3) is 0.412. The van der Waals surface area contributed by atoms with Gasteiger partial charge < -0.3 is 14.5 Å². The van der Waals surface area contributed by atoms with Gasteiger partial charge in [0.05, 0.1) is 19.2 Å². The molecular weight excluding hydrogens is 322 g/mol. The average Bonchev–Trinajstić information content (AvgIpc) is 2.95. The Kier molecular flexibility index (Phi) is 4.73. The summed E-state index contributed by atoms with van der Waals surface area (Å²) in [5.74, 6) is 0.679. The van der Waals surface area contributed by atoms with E-state index in [2.05, 4.69) is 30.1 Å². The van der Waals surface area contributed by atoms with E-state index in [1.807, 2.05) is 30.3 Å². The van der Waals surface area contributed by atoms with E-state index in [0.717, 1.165) is 11.4 Å². The highest BCUT2D eigenvalue weighted by atomic mass is 28.4. The maximum atomic E-state index is 12.3. The van der Waals surface area contributed by atoms with Crippen LogP contribution in [0.2, 0.25) is 19.6 Å². The van der Waals surface area contributed by atoms with Gasteiger partial charge in [0, 0.05) is 0 Å². The Morgan fingerprint density at radius 2 is 2.04 bits per heavy atom. The summed E-state index contributed by atoms with van der Waals surface area (Å²) >= 11 is 0. The number of para-hydroxylation sites is 1. The van der Waals surface area contributed by atoms with Crippen molar-refractivity contribution < 1.29 is 14.0 Å². The fourth-order valence-electron chi connectivity index (χ4n) is 2.50. The highest BCUT2D eigenvalue weighted by molar-refractivity contribution is 6.69. The monoisotopic (exact) mass is 345 g/mol. The van der Waals surface area contributed by atoms with Gasteiger partial charge in [-0.05, 0) is 37.8 Å². The number of hydrogen-bond acceptors (Lipinski definition) is 4. The Morgan fingerprint density at radius 1 is 1.29 bits per heavy atom. The van der Waals surface area contributed by atoms with Crippen molar-refractivity contribution in [3.05, 3.63) is 47.8 Å². The lowest BCUT2D eigenvalue weighted by molar-refractivity contribution is 0.0868. The summed E-state index contributed by atoms with van der Waals surface area (Å²) in [6.07, 6.45) is 0. The van der Waals surface area contributed by atoms with Crippen LogP contribution in [0.4, 0.5) is 0 Å². The van der Waals surface area contributed by atoms with Crippen LogP contribution in [-0.2, 0) is 17.6 Å². The van der Waals surface area contributed by atoms with E-state index < -0.39 is 8.32 Å². The highest BCUT2D eigenvalue weighted by Gasteiger charge is 2.27. The molecule has 1 aliphatic rings. The molecule has 0 saturated carbocycles. The fourth-order valence-corrected chi connectivity index (χ4v) is 3.20. The molecule has 1 aromatic carbocycles. The molecule has 1 amide bonds. The lowest BCUT2D eigenvalue weighted by atomic mass is 10.2. The van der Waals surface area contributed by atoms with Crippen molar-refractivity contribution in [2.45, 2.75) is 38.8 Å². The Bertz CT molecular complexity index is 710. The molecule has 0 saturated heterocycles. The van der Waals surface area contributed by atoms with E-state index in [1.165, 1.54) is 0 Å². The lowest BCUT2D eigenvalue weighted by Crippen LogP contribution is -2.48. The average molecular weight is 345 g/mol. The van der Waals surface area contributed by atoms with Crippen LogP contribution in [0.25, 0.3) is 0 Å². The van der Waals surface area contributed by atoms with E-state index in [0.29, 0.717) is 25.5 Å². The number of carbonyl (C=O) groups is 1. The summed E-state index contributed by atoms with van der Waals surface area (Å²) in [6, 6.07) is 11.3. The molecule has 24 heavy (non-hydrogen) atoms. The van der Waals surface area contributed by atoms with Gasteiger partial charge in [0.15, 0.2) is 8.32 Å². The van der Waals surface area contributed by atoms with Gasteiger partial charge in [-0.15, -0.1) is 0 Å². The second-order valence-corrected chi connectivity index (χ2v) is 11.4. The summed E-state index contributed by atoms with van der Waals surface area (Å²) in [6.45, 7) is 7.89. The summed E-state index contributed by atoms with van der Waals surface area (Å²) in [4.78, 5) is 12.3. The molecule has 3 rings (SSSR count). The SMILES string of the molecule is C[Si](C)(C)OC[C@@H]1Cn2nc(COc3ccccc3)cc2C(=O)N1. The minimum Gasteiger partial charge on any atom is -0.487 e. The molecule has 1 aromatic heterocycles. The van der Waals surface area contributed by atoms with Crippen molar-refractivity contribution >= 4 is 14.2 Å². The van der Waals surface area contributed by atoms with Crippen molar-refractivity contribution in [2.75, 3.05) is 6.61 Å². The quantitative estimate of drug-likeness (QED) is 0.817. The van der Waals surface area contributed by atoms with E-state index in [-0.39, 0.29) is 11.9 Å². The minimum atomic E-state index is -1.60. The molecule has 2 heterocycles. The number of fused-ring (bicyclic) bond motifs is 1. The molecule has 1 N–H and O–H groups in total. The van der Waals surface area contributed by atoms with Crippen molar-refractivity contribution in [3.63, 3.8) is 0 Å². The van der Waals surface area contributed by atoms with Gasteiger partial charge in [0.25, 0.3) is 5.91 Å². The standard InChI is InChI=1S/C17H23N3O3Si/c1-24(2,3)23-12-14-10-20-16(17(21)18-14)9-13(19-20)11-22-15-7-5-4-6-8-15/h4-9,14H,10-12H2,1-3H3,(H,18,21)/t14-/m0/s1. The first kappa shape index (κ1) is 16.7. The molecule has 7 heteroatoms. The second kappa shape index (κ2) is 6.78. The molecule has 1 atom stereocenters. The number of amides is 1. The Labute approximate surface area is 142 Å². The molecule has 1 aliphatic heterocycles. The number of rotatable bonds is 6. The highest BCUT2D eigenvalue weighted by Crippen LogP contribution is 2.15. The molecule has 0 fully saturated rings. The maximum Gasteiger partial charge on any atom is 0.269 e. The molecule has 0 bridgehead atoms. The second-order valence-electron chi connectivity index (χ2n) is 6.90. The molecule has 6 nitrogen and oxygen atoms in total. The summed E-state index contributed by atoms with van der Waals surface area (Å²) in [7, 11) is -1.60. The van der Waals surface area contributed by atoms with E-state index >= 15 is 0 Å². The molecule has 2 aromatic rings. The van der Waals surface area contributed by atoms with Crippen molar-refractivity contribution in [1.29, 1.82) is 0 Å². The van der Waals surface area contributed by atoms with Crippen LogP contribution >= 0.6 is 0 Å². The van der Waals surface area contributed by atoms with E-state index in [1.54, 1.807) is 10.7 Å². The molecule has 0 aliphatic carbocycles. The van der Waals surface area contributed by atoms with Crippen LogP contribution in [0.1, 0.15) is 16.2 Å². The van der Waals surface area contributed by atoms with Crippen LogP contribution in [0, 0.1) is 0 Å². The smallest absolute Gasteiger partial charge is 0.269 e. The van der Waals surface area contributed by atoms with Crippen LogP contribution in [0.3, 0.4) is 0 Å². The number of benzene rings is 1. The third-order valence-corrected chi connectivity index (χ3v) is 4.67. The zero-order chi connectivity index (χ0) is 17.2. The summed E-state index contributed by atoms with van der Waals surface area (Å²) in [5, 5.41) is 7.49. The molecule has 0 unspecified atom stereocenters. The van der Waals surface area contributed by atoms with Gasteiger partial charge in [-0.1, -0.05) is 18.2 Å². The van der Waals surface area contributed by atoms with E-state index in [9.17, 15) is 4.79 Å². The molecule has 0 radical (unpaired) electrons. The number of hydrogen-bond donors (Lipinski definition) is 1. The van der Waals surface area contributed by atoms with Gasteiger partial charge in [-0.25, -0.2) is 0 Å². The normalized spacial score (nSPS) is 17.3. The third kappa shape index (κ3) is 4.24. The van der Waals surface area contributed by atoms with Crippen molar-refractivity contribution in [1.82, 2.24) is 15.1 Å². The minimum absolute atomic E-state index is 0.0421. The first-order valence-corrected chi connectivity index (χ1v) is 11.5. The van der Waals surface area contributed by atoms with Gasteiger partial charge in [0.2, 0.25) is 0 Å². The van der Waals surface area contributed by atoms with Gasteiger partial charge in [-0.2, -0.15) is 5.10 Å². The van der Waals surface area contributed by atoms with Crippen LogP contribution < -0.4 is 10.1 Å². The molecular formula is C17H23N3O3Si. The summed E-state index contributed by atoms with van der Waals surface area (Å²) in [5.41, 5.74) is 1.32. The number of ether oxygens (including phenoxy) is 1. The molecule has 128 valence electrons. The number of nitrogens with one attached hydrogen (secondary N) is 1. The largest absolute Gasteiger partial charge is 0.487 e. The zero-order valence-electron chi connectivity index (χ0n) is 14.3. The first-order chi connectivity index (χ1) is 11.4. The topological polar surface area (TPSA) is 65.4 Å². The number of aromatic nitrogens is 2. The lowest BCUT2D eigenvalue weighted by Gasteiger charge is -2.27. The van der Waals surface area contributed by atoms with Gasteiger partial charge >= 0.3 is 0 Å². The van der Waals surface area contributed by atoms with Crippen LogP contribution in [0.5, 0.6) is 5.75 Å². The Balaban J connectivity index is 1.63.